The molecule has 0 aromatic heterocycles. The Morgan fingerprint density at radius 1 is 1.00 bits per heavy atom. The molecule has 1 N–H and O–H groups in total. The lowest BCUT2D eigenvalue weighted by atomic mass is 9.98. The number of hydrazone groups is 1. The molecule has 6 nitrogen and oxygen atoms in total. The number of sulfonamides is 1. The molecule has 0 spiro atoms. The van der Waals surface area contributed by atoms with Gasteiger partial charge in [-0.05, 0) is 54.8 Å². The van der Waals surface area contributed by atoms with Gasteiger partial charge in [0.05, 0.1) is 11.1 Å². The highest BCUT2D eigenvalue weighted by molar-refractivity contribution is 9.10. The van der Waals surface area contributed by atoms with Crippen LogP contribution in [0.15, 0.2) is 67.5 Å². The fraction of sp³-hybridized carbons (Fsp3) is 0.263. The highest BCUT2D eigenvalue weighted by atomic mass is 79.9. The first kappa shape index (κ1) is 21.2. The maximum absolute atomic E-state index is 12.7. The highest BCUT2D eigenvalue weighted by Crippen LogP contribution is 2.25. The van der Waals surface area contributed by atoms with Crippen LogP contribution in [0, 0.1) is 5.92 Å². The van der Waals surface area contributed by atoms with E-state index in [0.29, 0.717) is 25.9 Å². The number of carbonyl (C=O) groups excluding carboxylic acids is 1. The predicted octanol–water partition coefficient (Wildman–Crippen LogP) is 3.76. The van der Waals surface area contributed by atoms with Crippen molar-refractivity contribution < 1.29 is 13.2 Å². The lowest BCUT2D eigenvalue weighted by Crippen LogP contribution is -2.42. The molecule has 1 aliphatic rings. The van der Waals surface area contributed by atoms with Gasteiger partial charge in [-0.2, -0.15) is 9.41 Å². The second-order valence-electron chi connectivity index (χ2n) is 6.42. The molecule has 1 aliphatic heterocycles. The molecule has 1 amide bonds. The Bertz CT molecular complexity index is 953. The highest BCUT2D eigenvalue weighted by Gasteiger charge is 2.32. The fourth-order valence-corrected chi connectivity index (χ4v) is 4.92. The zero-order chi connectivity index (χ0) is 20.1. The maximum atomic E-state index is 12.7. The summed E-state index contributed by atoms with van der Waals surface area (Å²) in [6.07, 6.45) is 2.52. The fourth-order valence-electron chi connectivity index (χ4n) is 2.92. The molecule has 1 fully saturated rings. The minimum Gasteiger partial charge on any atom is -0.273 e. The second kappa shape index (κ2) is 9.30. The summed E-state index contributed by atoms with van der Waals surface area (Å²) in [5.74, 6) is -0.438. The van der Waals surface area contributed by atoms with Gasteiger partial charge in [0, 0.05) is 28.0 Å². The number of hydrogen-bond acceptors (Lipinski definition) is 4. The lowest BCUT2D eigenvalue weighted by Gasteiger charge is -2.30. The Kier molecular flexibility index (Phi) is 7.03. The Balaban J connectivity index is 1.53. The van der Waals surface area contributed by atoms with Crippen LogP contribution in [0.25, 0.3) is 0 Å². The summed E-state index contributed by atoms with van der Waals surface area (Å²) < 4.78 is 28.7. The normalized spacial score (nSPS) is 16.4. The molecule has 0 aliphatic carbocycles. The van der Waals surface area contributed by atoms with E-state index in [4.69, 9.17) is 0 Å². The van der Waals surface area contributed by atoms with Crippen LogP contribution in [-0.2, 0) is 14.8 Å². The molecule has 1 saturated heterocycles. The van der Waals surface area contributed by atoms with Crippen molar-refractivity contribution >= 4 is 54.0 Å². The quantitative estimate of drug-likeness (QED) is 0.474. The number of halogens is 2. The van der Waals surface area contributed by atoms with Crippen molar-refractivity contribution in [3.8, 4) is 0 Å². The van der Waals surface area contributed by atoms with Gasteiger partial charge in [0.2, 0.25) is 15.9 Å². The third-order valence-corrected chi connectivity index (χ3v) is 7.50. The number of hydrogen-bond donors (Lipinski definition) is 1. The van der Waals surface area contributed by atoms with Crippen LogP contribution >= 0.6 is 31.9 Å². The second-order valence-corrected chi connectivity index (χ2v) is 10.2. The third-order valence-electron chi connectivity index (χ3n) is 4.53. The van der Waals surface area contributed by atoms with Gasteiger partial charge < -0.3 is 0 Å². The van der Waals surface area contributed by atoms with Crippen LogP contribution < -0.4 is 5.43 Å². The standard InChI is InChI=1S/C19H19Br2N3O3S/c20-16-3-1-14(2-4-16)13-22-23-19(25)15-9-11-24(12-10-15)28(26,27)18-7-5-17(21)6-8-18/h1-8,13,15H,9-12H2,(H,23,25)/b22-13-. The average molecular weight is 529 g/mol. The van der Waals surface area contributed by atoms with Crippen LogP contribution in [0.4, 0.5) is 0 Å². The van der Waals surface area contributed by atoms with E-state index in [2.05, 4.69) is 42.4 Å². The number of rotatable bonds is 5. The van der Waals surface area contributed by atoms with Gasteiger partial charge in [-0.15, -0.1) is 0 Å². The lowest BCUT2D eigenvalue weighted by molar-refractivity contribution is -0.126. The number of nitrogens with one attached hydrogen (secondary N) is 1. The van der Waals surface area contributed by atoms with Crippen molar-refractivity contribution in [3.05, 3.63) is 63.0 Å². The summed E-state index contributed by atoms with van der Waals surface area (Å²) in [7, 11) is -3.54. The predicted molar refractivity (Wildman–Crippen MR) is 116 cm³/mol. The molecule has 0 radical (unpaired) electrons. The first-order chi connectivity index (χ1) is 13.4. The minimum absolute atomic E-state index is 0.186. The van der Waals surface area contributed by atoms with Crippen molar-refractivity contribution in [1.82, 2.24) is 9.73 Å². The van der Waals surface area contributed by atoms with Gasteiger partial charge in [0.1, 0.15) is 0 Å². The number of nitrogens with zero attached hydrogens (tertiary/aromatic N) is 2. The summed E-state index contributed by atoms with van der Waals surface area (Å²) in [6.45, 7) is 0.625. The topological polar surface area (TPSA) is 78.8 Å². The van der Waals surface area contributed by atoms with Crippen LogP contribution in [0.1, 0.15) is 18.4 Å². The molecule has 1 heterocycles. The van der Waals surface area contributed by atoms with E-state index in [-0.39, 0.29) is 16.7 Å². The van der Waals surface area contributed by atoms with E-state index < -0.39 is 10.0 Å². The van der Waals surface area contributed by atoms with Gasteiger partial charge in [0.25, 0.3) is 0 Å². The first-order valence-electron chi connectivity index (χ1n) is 8.70. The van der Waals surface area contributed by atoms with E-state index >= 15 is 0 Å². The molecule has 0 bridgehead atoms. The molecular weight excluding hydrogens is 510 g/mol. The molecule has 0 saturated carbocycles. The molecular formula is C19H19Br2N3O3S. The van der Waals surface area contributed by atoms with Crippen molar-refractivity contribution in [3.63, 3.8) is 0 Å². The van der Waals surface area contributed by atoms with Crippen molar-refractivity contribution in [2.75, 3.05) is 13.1 Å². The summed E-state index contributed by atoms with van der Waals surface area (Å²) in [6, 6.07) is 14.1. The van der Waals surface area contributed by atoms with E-state index in [1.807, 2.05) is 24.3 Å². The SMILES string of the molecule is O=C(N/N=C\c1ccc(Br)cc1)C1CCN(S(=O)(=O)c2ccc(Br)cc2)CC1. The Morgan fingerprint density at radius 3 is 2.11 bits per heavy atom. The van der Waals surface area contributed by atoms with Gasteiger partial charge >= 0.3 is 0 Å². The molecule has 28 heavy (non-hydrogen) atoms. The summed E-state index contributed by atoms with van der Waals surface area (Å²) in [5.41, 5.74) is 3.43. The van der Waals surface area contributed by atoms with Crippen LogP contribution in [0.5, 0.6) is 0 Å². The smallest absolute Gasteiger partial charge is 0.243 e. The molecule has 0 atom stereocenters. The Morgan fingerprint density at radius 2 is 1.54 bits per heavy atom. The minimum atomic E-state index is -3.54. The molecule has 148 valence electrons. The average Bonchev–Trinajstić information content (AvgIpc) is 2.70. The largest absolute Gasteiger partial charge is 0.273 e. The molecule has 2 aromatic carbocycles. The Hall–Kier alpha value is -1.55. The monoisotopic (exact) mass is 527 g/mol. The molecule has 9 heteroatoms. The van der Waals surface area contributed by atoms with Crippen molar-refractivity contribution in [2.45, 2.75) is 17.7 Å². The van der Waals surface area contributed by atoms with Crippen LogP contribution in [0.2, 0.25) is 0 Å². The molecule has 0 unspecified atom stereocenters. The van der Waals surface area contributed by atoms with Gasteiger partial charge in [-0.1, -0.05) is 44.0 Å². The Labute approximate surface area is 181 Å². The first-order valence-corrected chi connectivity index (χ1v) is 11.7. The summed E-state index contributed by atoms with van der Waals surface area (Å²) in [4.78, 5) is 12.6. The van der Waals surface area contributed by atoms with E-state index in [1.165, 1.54) is 4.31 Å². The third kappa shape index (κ3) is 5.28. The summed E-state index contributed by atoms with van der Waals surface area (Å²) >= 11 is 6.67. The number of piperidine rings is 1. The number of amides is 1. The zero-order valence-corrected chi connectivity index (χ0v) is 18.9. The van der Waals surface area contributed by atoms with E-state index in [0.717, 1.165) is 14.5 Å². The van der Waals surface area contributed by atoms with E-state index in [9.17, 15) is 13.2 Å². The summed E-state index contributed by atoms with van der Waals surface area (Å²) in [5, 5.41) is 3.99. The number of benzene rings is 2. The maximum Gasteiger partial charge on any atom is 0.243 e. The van der Waals surface area contributed by atoms with Crippen molar-refractivity contribution in [2.24, 2.45) is 11.0 Å². The van der Waals surface area contributed by atoms with Gasteiger partial charge in [0.15, 0.2) is 0 Å². The molecule has 2 aromatic rings. The van der Waals surface area contributed by atoms with Crippen LogP contribution in [0.3, 0.4) is 0 Å². The van der Waals surface area contributed by atoms with Gasteiger partial charge in [-0.25, -0.2) is 13.8 Å². The zero-order valence-electron chi connectivity index (χ0n) is 14.9. The van der Waals surface area contributed by atoms with Crippen molar-refractivity contribution in [1.29, 1.82) is 0 Å². The number of carbonyl (C=O) groups is 1. The van der Waals surface area contributed by atoms with Gasteiger partial charge in [-0.3, -0.25) is 4.79 Å². The van der Waals surface area contributed by atoms with Crippen LogP contribution in [-0.4, -0.2) is 37.9 Å². The molecule has 3 rings (SSSR count). The van der Waals surface area contributed by atoms with E-state index in [1.54, 1.807) is 30.5 Å².